The number of hydrogen-bond donors (Lipinski definition) is 0. The fourth-order valence-electron chi connectivity index (χ4n) is 1.68. The smallest absolute Gasteiger partial charge is 0.212 e. The molecule has 2 rings (SSSR count). The van der Waals surface area contributed by atoms with Gasteiger partial charge in [-0.15, -0.1) is 0 Å². The van der Waals surface area contributed by atoms with Crippen molar-refractivity contribution < 1.29 is 9.18 Å². The number of carbonyl (C=O) groups is 1. The number of nitrogens with zero attached hydrogens (tertiary/aromatic N) is 1. The van der Waals surface area contributed by atoms with Crippen molar-refractivity contribution in [3.63, 3.8) is 0 Å². The maximum atomic E-state index is 12.9. The number of halogens is 2. The van der Waals surface area contributed by atoms with Gasteiger partial charge >= 0.3 is 0 Å². The van der Waals surface area contributed by atoms with Crippen molar-refractivity contribution in [3.8, 4) is 0 Å². The van der Waals surface area contributed by atoms with E-state index in [4.69, 9.17) is 0 Å². The Hall–Kier alpha value is -1.20. The first-order valence-corrected chi connectivity index (χ1v) is 8.09. The summed E-state index contributed by atoms with van der Waals surface area (Å²) in [5.74, 6) is 1.33. The van der Waals surface area contributed by atoms with Gasteiger partial charge in [0, 0.05) is 22.0 Å². The van der Waals surface area contributed by atoms with E-state index in [9.17, 15) is 9.18 Å². The third kappa shape index (κ3) is 3.67. The quantitative estimate of drug-likeness (QED) is 0.743. The summed E-state index contributed by atoms with van der Waals surface area (Å²) in [4.78, 5) is 16.5. The largest absolute Gasteiger partial charge is 0.287 e. The number of aromatic nitrogens is 1. The van der Waals surface area contributed by atoms with E-state index in [0.717, 1.165) is 17.1 Å². The van der Waals surface area contributed by atoms with E-state index in [0.29, 0.717) is 15.7 Å². The highest BCUT2D eigenvalue weighted by molar-refractivity contribution is 9.10. The van der Waals surface area contributed by atoms with Crippen molar-refractivity contribution >= 4 is 33.5 Å². The molecule has 1 heterocycles. The molecule has 0 fully saturated rings. The first kappa shape index (κ1) is 15.2. The van der Waals surface area contributed by atoms with E-state index in [1.807, 2.05) is 6.07 Å². The summed E-state index contributed by atoms with van der Waals surface area (Å²) >= 11 is 5.18. The Labute approximate surface area is 129 Å². The van der Waals surface area contributed by atoms with Crippen molar-refractivity contribution in [2.24, 2.45) is 0 Å². The molecule has 1 aromatic carbocycles. The van der Waals surface area contributed by atoms with E-state index in [1.54, 1.807) is 18.0 Å². The highest BCUT2D eigenvalue weighted by atomic mass is 79.9. The molecule has 5 heteroatoms. The number of pyridine rings is 1. The number of carbonyl (C=O) groups excluding carboxylic acids is 1. The summed E-state index contributed by atoms with van der Waals surface area (Å²) in [5.41, 5.74) is 1.84. The monoisotopic (exact) mass is 353 g/mol. The van der Waals surface area contributed by atoms with Crippen molar-refractivity contribution in [3.05, 3.63) is 63.6 Å². The van der Waals surface area contributed by atoms with Crippen LogP contribution in [0.1, 0.15) is 28.5 Å². The zero-order valence-electron chi connectivity index (χ0n) is 10.9. The molecule has 0 unspecified atom stereocenters. The van der Waals surface area contributed by atoms with Crippen LogP contribution in [0.15, 0.2) is 41.0 Å². The summed E-state index contributed by atoms with van der Waals surface area (Å²) in [6.45, 7) is 2.10. The highest BCUT2D eigenvalue weighted by Gasteiger charge is 2.14. The Balaban J connectivity index is 2.24. The molecule has 2 nitrogen and oxygen atoms in total. The Bertz CT molecular complexity index is 616. The molecule has 20 heavy (non-hydrogen) atoms. The van der Waals surface area contributed by atoms with Crippen LogP contribution in [0.2, 0.25) is 0 Å². The number of rotatable bonds is 5. The van der Waals surface area contributed by atoms with Crippen molar-refractivity contribution in [2.45, 2.75) is 12.7 Å². The molecule has 0 aliphatic carbocycles. The molecule has 0 radical (unpaired) electrons. The maximum absolute atomic E-state index is 12.9. The van der Waals surface area contributed by atoms with Crippen LogP contribution < -0.4 is 0 Å². The minimum absolute atomic E-state index is 0.216. The van der Waals surface area contributed by atoms with Crippen LogP contribution in [0, 0.1) is 5.82 Å². The van der Waals surface area contributed by atoms with Gasteiger partial charge in [0.25, 0.3) is 0 Å². The lowest BCUT2D eigenvalue weighted by atomic mass is 10.1. The second-order valence-electron chi connectivity index (χ2n) is 4.15. The molecule has 0 aliphatic heterocycles. The van der Waals surface area contributed by atoms with Gasteiger partial charge in [-0.05, 0) is 57.6 Å². The Morgan fingerprint density at radius 2 is 2.05 bits per heavy atom. The SMILES string of the molecule is CCSCc1cnc(C(=O)c2ccc(F)cc2)c(Br)c1. The predicted octanol–water partition coefficient (Wildman–Crippen LogP) is 4.47. The van der Waals surface area contributed by atoms with Gasteiger partial charge in [-0.25, -0.2) is 4.39 Å². The molecular formula is C15H13BrFNOS. The van der Waals surface area contributed by atoms with E-state index >= 15 is 0 Å². The van der Waals surface area contributed by atoms with E-state index in [2.05, 4.69) is 27.8 Å². The summed E-state index contributed by atoms with van der Waals surface area (Å²) in [7, 11) is 0. The molecule has 0 saturated carbocycles. The van der Waals surface area contributed by atoms with E-state index in [1.165, 1.54) is 24.3 Å². The predicted molar refractivity (Wildman–Crippen MR) is 83.6 cm³/mol. The van der Waals surface area contributed by atoms with Crippen LogP contribution >= 0.6 is 27.7 Å². The standard InChI is InChI=1S/C15H13BrFNOS/c1-2-20-9-10-7-13(16)14(18-8-10)15(19)11-3-5-12(17)6-4-11/h3-8H,2,9H2,1H3. The van der Waals surface area contributed by atoms with Crippen LogP contribution in [0.25, 0.3) is 0 Å². The third-order valence-corrected chi connectivity index (χ3v) is 4.24. The average Bonchev–Trinajstić information content (AvgIpc) is 2.45. The lowest BCUT2D eigenvalue weighted by Gasteiger charge is -2.06. The third-order valence-electron chi connectivity index (χ3n) is 2.69. The number of ketones is 1. The minimum Gasteiger partial charge on any atom is -0.287 e. The fraction of sp³-hybridized carbons (Fsp3) is 0.200. The molecule has 0 N–H and O–H groups in total. The summed E-state index contributed by atoms with van der Waals surface area (Å²) in [6, 6.07) is 7.38. The Morgan fingerprint density at radius 1 is 1.35 bits per heavy atom. The molecule has 1 aromatic heterocycles. The van der Waals surface area contributed by atoms with Gasteiger partial charge in [-0.3, -0.25) is 9.78 Å². The van der Waals surface area contributed by atoms with Crippen LogP contribution in [-0.4, -0.2) is 16.5 Å². The summed E-state index contributed by atoms with van der Waals surface area (Å²) in [6.07, 6.45) is 1.71. The second-order valence-corrected chi connectivity index (χ2v) is 6.28. The Kier molecular flexibility index (Phi) is 5.31. The van der Waals surface area contributed by atoms with Crippen molar-refractivity contribution in [2.75, 3.05) is 5.75 Å². The average molecular weight is 354 g/mol. The zero-order chi connectivity index (χ0) is 14.5. The maximum Gasteiger partial charge on any atom is 0.212 e. The van der Waals surface area contributed by atoms with Gasteiger partial charge in [0.2, 0.25) is 5.78 Å². The first-order valence-electron chi connectivity index (χ1n) is 6.14. The van der Waals surface area contributed by atoms with E-state index < -0.39 is 0 Å². The van der Waals surface area contributed by atoms with Gasteiger partial charge in [0.05, 0.1) is 0 Å². The van der Waals surface area contributed by atoms with Crippen molar-refractivity contribution in [1.82, 2.24) is 4.98 Å². The van der Waals surface area contributed by atoms with Crippen LogP contribution in [0.5, 0.6) is 0 Å². The number of benzene rings is 1. The second kappa shape index (κ2) is 6.99. The van der Waals surface area contributed by atoms with Crippen molar-refractivity contribution in [1.29, 1.82) is 0 Å². The molecule has 0 aliphatic rings. The van der Waals surface area contributed by atoms with Crippen LogP contribution in [-0.2, 0) is 5.75 Å². The zero-order valence-corrected chi connectivity index (χ0v) is 13.3. The molecule has 0 atom stereocenters. The lowest BCUT2D eigenvalue weighted by Crippen LogP contribution is -2.06. The van der Waals surface area contributed by atoms with Crippen LogP contribution in [0.4, 0.5) is 4.39 Å². The van der Waals surface area contributed by atoms with Gasteiger partial charge in [-0.2, -0.15) is 11.8 Å². The van der Waals surface area contributed by atoms with Gasteiger partial charge in [-0.1, -0.05) is 6.92 Å². The fourth-order valence-corrected chi connectivity index (χ4v) is 2.86. The highest BCUT2D eigenvalue weighted by Crippen LogP contribution is 2.22. The Morgan fingerprint density at radius 3 is 2.65 bits per heavy atom. The molecule has 0 spiro atoms. The van der Waals surface area contributed by atoms with Crippen LogP contribution in [0.3, 0.4) is 0 Å². The molecular weight excluding hydrogens is 341 g/mol. The topological polar surface area (TPSA) is 30.0 Å². The molecule has 0 bridgehead atoms. The summed E-state index contributed by atoms with van der Waals surface area (Å²) < 4.78 is 13.5. The number of thioether (sulfide) groups is 1. The molecule has 0 amide bonds. The normalized spacial score (nSPS) is 10.6. The van der Waals surface area contributed by atoms with E-state index in [-0.39, 0.29) is 11.6 Å². The first-order chi connectivity index (χ1) is 9.61. The molecule has 0 saturated heterocycles. The molecule has 104 valence electrons. The number of hydrogen-bond acceptors (Lipinski definition) is 3. The lowest BCUT2D eigenvalue weighted by molar-refractivity contribution is 0.103. The molecule has 2 aromatic rings. The summed E-state index contributed by atoms with van der Waals surface area (Å²) in [5, 5.41) is 0. The minimum atomic E-state index is -0.361. The van der Waals surface area contributed by atoms with Gasteiger partial charge in [0.15, 0.2) is 0 Å². The van der Waals surface area contributed by atoms with Gasteiger partial charge in [0.1, 0.15) is 11.5 Å². The van der Waals surface area contributed by atoms with Gasteiger partial charge < -0.3 is 0 Å².